The Balaban J connectivity index is 1.60. The monoisotopic (exact) mass is 262 g/mol. The topological polar surface area (TPSA) is 32.3 Å². The molecule has 4 heteroatoms. The van der Waals surface area contributed by atoms with Gasteiger partial charge in [0.05, 0.1) is 0 Å². The van der Waals surface area contributed by atoms with E-state index in [9.17, 15) is 4.79 Å². The standard InChI is InChI=1S/C14H18N2OS/c17-14(6-5-12-4-2-8-18-12)16-9-11-3-1-7-15-13(11)10-16/h2,4-6,8,11,13,15H,1,3,7,9-10H2/b6-5+/t11-,13+/m0/s1. The van der Waals surface area contributed by atoms with Crippen LogP contribution >= 0.6 is 11.3 Å². The van der Waals surface area contributed by atoms with Crippen molar-refractivity contribution in [3.05, 3.63) is 28.5 Å². The highest BCUT2D eigenvalue weighted by Crippen LogP contribution is 2.25. The molecule has 0 bridgehead atoms. The molecule has 3 rings (SSSR count). The molecule has 0 aliphatic carbocycles. The van der Waals surface area contributed by atoms with Crippen LogP contribution in [0.1, 0.15) is 17.7 Å². The van der Waals surface area contributed by atoms with Crippen molar-refractivity contribution in [1.29, 1.82) is 0 Å². The van der Waals surface area contributed by atoms with Gasteiger partial charge in [-0.3, -0.25) is 4.79 Å². The summed E-state index contributed by atoms with van der Waals surface area (Å²) in [6.07, 6.45) is 6.13. The van der Waals surface area contributed by atoms with E-state index < -0.39 is 0 Å². The number of hydrogen-bond donors (Lipinski definition) is 1. The van der Waals surface area contributed by atoms with Crippen molar-refractivity contribution >= 4 is 23.3 Å². The summed E-state index contributed by atoms with van der Waals surface area (Å²) in [5.41, 5.74) is 0. The number of thiophene rings is 1. The molecule has 2 fully saturated rings. The van der Waals surface area contributed by atoms with Crippen molar-refractivity contribution in [2.45, 2.75) is 18.9 Å². The average molecular weight is 262 g/mol. The van der Waals surface area contributed by atoms with E-state index in [1.54, 1.807) is 17.4 Å². The third-order valence-electron chi connectivity index (χ3n) is 3.84. The van der Waals surface area contributed by atoms with E-state index in [1.807, 2.05) is 28.5 Å². The number of hydrogen-bond acceptors (Lipinski definition) is 3. The molecule has 3 heterocycles. The number of nitrogens with zero attached hydrogens (tertiary/aromatic N) is 1. The number of nitrogens with one attached hydrogen (secondary N) is 1. The number of fused-ring (bicyclic) bond motifs is 1. The van der Waals surface area contributed by atoms with Crippen molar-refractivity contribution in [3.63, 3.8) is 0 Å². The van der Waals surface area contributed by atoms with Crippen LogP contribution in [0, 0.1) is 5.92 Å². The summed E-state index contributed by atoms with van der Waals surface area (Å²) in [4.78, 5) is 15.2. The predicted octanol–water partition coefficient (Wildman–Crippen LogP) is 1.97. The van der Waals surface area contributed by atoms with Crippen LogP contribution in [0.3, 0.4) is 0 Å². The number of carbonyl (C=O) groups excluding carboxylic acids is 1. The summed E-state index contributed by atoms with van der Waals surface area (Å²) in [7, 11) is 0. The van der Waals surface area contributed by atoms with Crippen molar-refractivity contribution in [1.82, 2.24) is 10.2 Å². The highest BCUT2D eigenvalue weighted by molar-refractivity contribution is 7.10. The molecule has 0 unspecified atom stereocenters. The fraction of sp³-hybridized carbons (Fsp3) is 0.500. The predicted molar refractivity (Wildman–Crippen MR) is 74.4 cm³/mol. The molecular weight excluding hydrogens is 244 g/mol. The van der Waals surface area contributed by atoms with Gasteiger partial charge in [-0.1, -0.05) is 6.07 Å². The van der Waals surface area contributed by atoms with Crippen molar-refractivity contribution in [2.24, 2.45) is 5.92 Å². The van der Waals surface area contributed by atoms with E-state index in [4.69, 9.17) is 0 Å². The second kappa shape index (κ2) is 5.24. The van der Waals surface area contributed by atoms with Gasteiger partial charge in [0.1, 0.15) is 0 Å². The Kier molecular flexibility index (Phi) is 3.48. The molecule has 3 nitrogen and oxygen atoms in total. The van der Waals surface area contributed by atoms with Crippen molar-refractivity contribution in [2.75, 3.05) is 19.6 Å². The van der Waals surface area contributed by atoms with Crippen LogP contribution in [0.2, 0.25) is 0 Å². The minimum atomic E-state index is 0.152. The quantitative estimate of drug-likeness (QED) is 0.827. The lowest BCUT2D eigenvalue weighted by molar-refractivity contribution is -0.125. The molecular formula is C14H18N2OS. The largest absolute Gasteiger partial charge is 0.337 e. The maximum Gasteiger partial charge on any atom is 0.246 e. The van der Waals surface area contributed by atoms with Crippen LogP contribution in [0.4, 0.5) is 0 Å². The summed E-state index contributed by atoms with van der Waals surface area (Å²) in [5.74, 6) is 0.817. The molecule has 1 aromatic heterocycles. The summed E-state index contributed by atoms with van der Waals surface area (Å²) in [6, 6.07) is 4.56. The zero-order valence-electron chi connectivity index (χ0n) is 10.3. The first-order valence-corrected chi connectivity index (χ1v) is 7.45. The van der Waals surface area contributed by atoms with Gasteiger partial charge < -0.3 is 10.2 Å². The average Bonchev–Trinajstić information content (AvgIpc) is 3.04. The number of carbonyl (C=O) groups is 1. The summed E-state index contributed by atoms with van der Waals surface area (Å²) >= 11 is 1.66. The number of likely N-dealkylation sites (tertiary alicyclic amines) is 1. The molecule has 2 aliphatic heterocycles. The highest BCUT2D eigenvalue weighted by atomic mass is 32.1. The van der Waals surface area contributed by atoms with Gasteiger partial charge in [0.25, 0.3) is 0 Å². The molecule has 0 spiro atoms. The molecule has 0 radical (unpaired) electrons. The van der Waals surface area contributed by atoms with E-state index in [0.717, 1.165) is 24.5 Å². The molecule has 0 aromatic carbocycles. The summed E-state index contributed by atoms with van der Waals surface area (Å²) in [6.45, 7) is 2.90. The van der Waals surface area contributed by atoms with Gasteiger partial charge in [-0.05, 0) is 42.8 Å². The fourth-order valence-corrected chi connectivity index (χ4v) is 3.49. The molecule has 2 atom stereocenters. The zero-order valence-corrected chi connectivity index (χ0v) is 11.2. The minimum Gasteiger partial charge on any atom is -0.337 e. The van der Waals surface area contributed by atoms with Gasteiger partial charge in [-0.2, -0.15) is 0 Å². The van der Waals surface area contributed by atoms with Gasteiger partial charge >= 0.3 is 0 Å². The molecule has 1 aromatic rings. The lowest BCUT2D eigenvalue weighted by Crippen LogP contribution is -2.40. The Morgan fingerprint density at radius 3 is 3.22 bits per heavy atom. The molecule has 2 aliphatic rings. The summed E-state index contributed by atoms with van der Waals surface area (Å²) < 4.78 is 0. The third kappa shape index (κ3) is 2.49. The van der Waals surface area contributed by atoms with E-state index in [0.29, 0.717) is 12.0 Å². The number of amides is 1. The van der Waals surface area contributed by atoms with Gasteiger partial charge in [-0.15, -0.1) is 11.3 Å². The molecule has 18 heavy (non-hydrogen) atoms. The maximum absolute atomic E-state index is 12.1. The van der Waals surface area contributed by atoms with Crippen LogP contribution < -0.4 is 5.32 Å². The van der Waals surface area contributed by atoms with Crippen molar-refractivity contribution in [3.8, 4) is 0 Å². The van der Waals surface area contributed by atoms with Crippen LogP contribution in [0.15, 0.2) is 23.6 Å². The van der Waals surface area contributed by atoms with Gasteiger partial charge in [0.2, 0.25) is 5.91 Å². The Labute approximate surface area is 111 Å². The molecule has 1 amide bonds. The van der Waals surface area contributed by atoms with Crippen LogP contribution in [0.5, 0.6) is 0 Å². The smallest absolute Gasteiger partial charge is 0.246 e. The molecule has 96 valence electrons. The lowest BCUT2D eigenvalue weighted by Gasteiger charge is -2.24. The zero-order chi connectivity index (χ0) is 12.4. The normalized spacial score (nSPS) is 27.7. The number of rotatable bonds is 2. The Hall–Kier alpha value is -1.13. The van der Waals surface area contributed by atoms with Gasteiger partial charge in [0.15, 0.2) is 0 Å². The first kappa shape index (κ1) is 11.9. The Morgan fingerprint density at radius 2 is 2.44 bits per heavy atom. The molecule has 2 saturated heterocycles. The minimum absolute atomic E-state index is 0.152. The SMILES string of the molecule is O=C(/C=C/c1cccs1)N1C[C@@H]2CCCN[C@@H]2C1. The Morgan fingerprint density at radius 1 is 1.50 bits per heavy atom. The van der Waals surface area contributed by atoms with Crippen LogP contribution in [0.25, 0.3) is 6.08 Å². The van der Waals surface area contributed by atoms with Gasteiger partial charge in [-0.25, -0.2) is 0 Å². The molecule has 0 saturated carbocycles. The second-order valence-electron chi connectivity index (χ2n) is 5.05. The highest BCUT2D eigenvalue weighted by Gasteiger charge is 2.35. The van der Waals surface area contributed by atoms with Crippen molar-refractivity contribution < 1.29 is 4.79 Å². The first-order chi connectivity index (χ1) is 8.83. The molecule has 1 N–H and O–H groups in total. The van der Waals surface area contributed by atoms with E-state index in [1.165, 1.54) is 12.8 Å². The van der Waals surface area contributed by atoms with Crippen LogP contribution in [-0.4, -0.2) is 36.5 Å². The Bertz CT molecular complexity index is 427. The second-order valence-corrected chi connectivity index (χ2v) is 6.03. The summed E-state index contributed by atoms with van der Waals surface area (Å²) in [5, 5.41) is 5.55. The van der Waals surface area contributed by atoms with Gasteiger partial charge in [0, 0.05) is 30.1 Å². The lowest BCUT2D eigenvalue weighted by atomic mass is 9.94. The number of piperidine rings is 1. The van der Waals surface area contributed by atoms with E-state index in [-0.39, 0.29) is 5.91 Å². The third-order valence-corrected chi connectivity index (χ3v) is 4.68. The van der Waals surface area contributed by atoms with E-state index in [2.05, 4.69) is 5.32 Å². The maximum atomic E-state index is 12.1. The van der Waals surface area contributed by atoms with E-state index >= 15 is 0 Å². The van der Waals surface area contributed by atoms with Crippen LogP contribution in [-0.2, 0) is 4.79 Å². The fourth-order valence-electron chi connectivity index (χ4n) is 2.87. The first-order valence-electron chi connectivity index (χ1n) is 6.57.